The molecular weight excluding hydrogens is 236 g/mol. The number of pyridine rings is 1. The fourth-order valence-corrected chi connectivity index (χ4v) is 2.53. The first-order valence-corrected chi connectivity index (χ1v) is 7.36. The first-order chi connectivity index (χ1) is 9.24. The average molecular weight is 260 g/mol. The van der Waals surface area contributed by atoms with Crippen molar-refractivity contribution in [2.45, 2.75) is 52.1 Å². The minimum atomic E-state index is -0.443. The summed E-state index contributed by atoms with van der Waals surface area (Å²) in [4.78, 5) is 4.49. The van der Waals surface area contributed by atoms with Crippen LogP contribution in [0, 0.1) is 5.92 Å². The monoisotopic (exact) mass is 260 g/mol. The van der Waals surface area contributed by atoms with Crippen molar-refractivity contribution in [3.8, 4) is 0 Å². The summed E-state index contributed by atoms with van der Waals surface area (Å²) >= 11 is 0. The van der Waals surface area contributed by atoms with Crippen LogP contribution >= 0.6 is 0 Å². The van der Waals surface area contributed by atoms with Crippen LogP contribution in [-0.2, 0) is 0 Å². The quantitative estimate of drug-likeness (QED) is 0.817. The molecule has 0 amide bonds. The molecule has 2 unspecified atom stereocenters. The Balaban J connectivity index is 2.03. The second kappa shape index (κ2) is 6.71. The number of hydrogen-bond acceptors (Lipinski definition) is 2. The third-order valence-corrected chi connectivity index (χ3v) is 3.82. The number of nitrogens with zero attached hydrogens (tertiary/aromatic N) is 2. The van der Waals surface area contributed by atoms with Gasteiger partial charge < -0.3 is 9.51 Å². The van der Waals surface area contributed by atoms with E-state index in [1.807, 2.05) is 35.0 Å². The Hall–Kier alpha value is -1.35. The molecule has 3 nitrogen and oxygen atoms in total. The summed E-state index contributed by atoms with van der Waals surface area (Å²) in [6.45, 7) is 4.42. The van der Waals surface area contributed by atoms with E-state index in [0.29, 0.717) is 5.92 Å². The molecule has 1 N–H and O–H groups in total. The lowest BCUT2D eigenvalue weighted by molar-refractivity contribution is 0.135. The normalized spacial score (nSPS) is 14.7. The predicted molar refractivity (Wildman–Crippen MR) is 78.1 cm³/mol. The molecule has 104 valence electrons. The van der Waals surface area contributed by atoms with E-state index >= 15 is 0 Å². The molecule has 2 rings (SSSR count). The van der Waals surface area contributed by atoms with Gasteiger partial charge in [-0.25, -0.2) is 4.98 Å². The number of aliphatic hydroxyl groups excluding tert-OH is 1. The maximum absolute atomic E-state index is 10.3. The first-order valence-electron chi connectivity index (χ1n) is 7.36. The number of imidazole rings is 1. The second-order valence-electron chi connectivity index (χ2n) is 5.30. The van der Waals surface area contributed by atoms with Crippen LogP contribution in [0.2, 0.25) is 0 Å². The van der Waals surface area contributed by atoms with E-state index in [9.17, 15) is 5.11 Å². The summed E-state index contributed by atoms with van der Waals surface area (Å²) in [6, 6.07) is 5.90. The fourth-order valence-electron chi connectivity index (χ4n) is 2.53. The first kappa shape index (κ1) is 14.1. The van der Waals surface area contributed by atoms with Crippen LogP contribution in [0.25, 0.3) is 5.65 Å². The number of hydrogen-bond donors (Lipinski definition) is 1. The molecule has 0 aromatic carbocycles. The Bertz CT molecular complexity index is 473. The van der Waals surface area contributed by atoms with E-state index in [4.69, 9.17) is 0 Å². The molecule has 0 radical (unpaired) electrons. The highest BCUT2D eigenvalue weighted by Gasteiger charge is 2.17. The molecule has 0 saturated heterocycles. The van der Waals surface area contributed by atoms with Gasteiger partial charge in [-0.3, -0.25) is 0 Å². The van der Waals surface area contributed by atoms with Gasteiger partial charge in [-0.15, -0.1) is 0 Å². The molecule has 3 heteroatoms. The summed E-state index contributed by atoms with van der Waals surface area (Å²) < 4.78 is 1.96. The zero-order chi connectivity index (χ0) is 13.7. The van der Waals surface area contributed by atoms with Gasteiger partial charge in [0, 0.05) is 12.4 Å². The van der Waals surface area contributed by atoms with Gasteiger partial charge in [0.15, 0.2) is 0 Å². The Morgan fingerprint density at radius 1 is 1.32 bits per heavy atom. The van der Waals surface area contributed by atoms with Gasteiger partial charge in [0.2, 0.25) is 0 Å². The largest absolute Gasteiger partial charge is 0.387 e. The van der Waals surface area contributed by atoms with Crippen LogP contribution in [0.3, 0.4) is 0 Å². The van der Waals surface area contributed by atoms with Crippen LogP contribution in [0.1, 0.15) is 57.7 Å². The van der Waals surface area contributed by atoms with Gasteiger partial charge in [-0.1, -0.05) is 45.6 Å². The van der Waals surface area contributed by atoms with E-state index in [0.717, 1.165) is 24.2 Å². The number of aliphatic hydroxyl groups is 1. The fraction of sp³-hybridized carbons (Fsp3) is 0.562. The molecular formula is C16H24N2O. The minimum Gasteiger partial charge on any atom is -0.387 e. The smallest absolute Gasteiger partial charge is 0.137 e. The van der Waals surface area contributed by atoms with Crippen LogP contribution in [0.15, 0.2) is 30.6 Å². The standard InChI is InChI=1S/C16H24N2O/c1-3-5-8-13(4-2)11-15(19)14-12-18-10-7-6-9-16(18)17-14/h6-7,9-10,12-13,15,19H,3-5,8,11H2,1-2H3. The molecule has 2 aromatic rings. The van der Waals surface area contributed by atoms with Crippen molar-refractivity contribution in [1.29, 1.82) is 0 Å². The van der Waals surface area contributed by atoms with Crippen LogP contribution in [0.4, 0.5) is 0 Å². The topological polar surface area (TPSA) is 37.5 Å². The number of unbranched alkanes of at least 4 members (excludes halogenated alkanes) is 1. The van der Waals surface area contributed by atoms with E-state index in [-0.39, 0.29) is 0 Å². The van der Waals surface area contributed by atoms with Crippen molar-refractivity contribution in [3.05, 3.63) is 36.3 Å². The zero-order valence-corrected chi connectivity index (χ0v) is 11.9. The molecule has 2 heterocycles. The minimum absolute atomic E-state index is 0.443. The molecule has 0 saturated carbocycles. The van der Waals surface area contributed by atoms with Gasteiger partial charge >= 0.3 is 0 Å². The Morgan fingerprint density at radius 2 is 2.16 bits per heavy atom. The third-order valence-electron chi connectivity index (χ3n) is 3.82. The zero-order valence-electron chi connectivity index (χ0n) is 11.9. The number of fused-ring (bicyclic) bond motifs is 1. The SMILES string of the molecule is CCCCC(CC)CC(O)c1cn2ccccc2n1. The Kier molecular flexibility index (Phi) is 4.97. The molecule has 0 aliphatic rings. The van der Waals surface area contributed by atoms with Gasteiger partial charge in [0.1, 0.15) is 5.65 Å². The molecule has 0 spiro atoms. The highest BCUT2D eigenvalue weighted by molar-refractivity contribution is 5.39. The summed E-state index contributed by atoms with van der Waals surface area (Å²) in [5.74, 6) is 0.597. The highest BCUT2D eigenvalue weighted by Crippen LogP contribution is 2.26. The van der Waals surface area contributed by atoms with E-state index in [2.05, 4.69) is 18.8 Å². The Morgan fingerprint density at radius 3 is 2.84 bits per heavy atom. The van der Waals surface area contributed by atoms with E-state index < -0.39 is 6.10 Å². The Labute approximate surface area is 115 Å². The van der Waals surface area contributed by atoms with Crippen LogP contribution < -0.4 is 0 Å². The van der Waals surface area contributed by atoms with Crippen molar-refractivity contribution < 1.29 is 5.11 Å². The van der Waals surface area contributed by atoms with Gasteiger partial charge in [0.25, 0.3) is 0 Å². The molecule has 0 aliphatic carbocycles. The van der Waals surface area contributed by atoms with Gasteiger partial charge in [-0.2, -0.15) is 0 Å². The number of aromatic nitrogens is 2. The van der Waals surface area contributed by atoms with Crippen molar-refractivity contribution in [2.75, 3.05) is 0 Å². The maximum Gasteiger partial charge on any atom is 0.137 e. The van der Waals surface area contributed by atoms with Crippen LogP contribution in [-0.4, -0.2) is 14.5 Å². The van der Waals surface area contributed by atoms with Crippen molar-refractivity contribution >= 4 is 5.65 Å². The molecule has 2 aromatic heterocycles. The molecule has 2 atom stereocenters. The molecule has 0 bridgehead atoms. The third kappa shape index (κ3) is 3.57. The summed E-state index contributed by atoms with van der Waals surface area (Å²) in [5, 5.41) is 10.3. The van der Waals surface area contributed by atoms with Gasteiger partial charge in [0.05, 0.1) is 11.8 Å². The van der Waals surface area contributed by atoms with Gasteiger partial charge in [-0.05, 0) is 24.5 Å². The number of rotatable bonds is 7. The van der Waals surface area contributed by atoms with Crippen molar-refractivity contribution in [2.24, 2.45) is 5.92 Å². The lowest BCUT2D eigenvalue weighted by Crippen LogP contribution is -2.07. The summed E-state index contributed by atoms with van der Waals surface area (Å²) in [5.41, 5.74) is 1.69. The lowest BCUT2D eigenvalue weighted by atomic mass is 9.92. The summed E-state index contributed by atoms with van der Waals surface area (Å²) in [6.07, 6.45) is 9.08. The average Bonchev–Trinajstić information content (AvgIpc) is 2.87. The molecule has 0 fully saturated rings. The van der Waals surface area contributed by atoms with Crippen LogP contribution in [0.5, 0.6) is 0 Å². The lowest BCUT2D eigenvalue weighted by Gasteiger charge is -2.17. The van der Waals surface area contributed by atoms with E-state index in [1.54, 1.807) is 0 Å². The maximum atomic E-state index is 10.3. The molecule has 19 heavy (non-hydrogen) atoms. The second-order valence-corrected chi connectivity index (χ2v) is 5.30. The van der Waals surface area contributed by atoms with Crippen molar-refractivity contribution in [3.63, 3.8) is 0 Å². The van der Waals surface area contributed by atoms with Crippen molar-refractivity contribution in [1.82, 2.24) is 9.38 Å². The highest BCUT2D eigenvalue weighted by atomic mass is 16.3. The summed E-state index contributed by atoms with van der Waals surface area (Å²) in [7, 11) is 0. The predicted octanol–water partition coefficient (Wildman–Crippen LogP) is 3.97. The van der Waals surface area contributed by atoms with E-state index in [1.165, 1.54) is 19.3 Å². The molecule has 0 aliphatic heterocycles.